The number of primary amides is 1. The fourth-order valence-corrected chi connectivity index (χ4v) is 1.29. The van der Waals surface area contributed by atoms with E-state index in [4.69, 9.17) is 15.6 Å². The first kappa shape index (κ1) is 15.9. The fourth-order valence-electron chi connectivity index (χ4n) is 1.29. The summed E-state index contributed by atoms with van der Waals surface area (Å²) in [6, 6.07) is 6.09. The number of carbonyl (C=O) groups is 2. The van der Waals surface area contributed by atoms with E-state index in [2.05, 4.69) is 5.32 Å². The lowest BCUT2D eigenvalue weighted by atomic mass is 10.1. The number of hydrogen-bond acceptors (Lipinski definition) is 5. The summed E-state index contributed by atoms with van der Waals surface area (Å²) in [6.07, 6.45) is 0. The Morgan fingerprint density at radius 2 is 1.95 bits per heavy atom. The maximum atomic E-state index is 11.8. The van der Waals surface area contributed by atoms with E-state index in [-0.39, 0.29) is 19.1 Å². The minimum Gasteiger partial charge on any atom is -0.484 e. The molecule has 0 heterocycles. The quantitative estimate of drug-likeness (QED) is 0.512. The van der Waals surface area contributed by atoms with Gasteiger partial charge in [-0.3, -0.25) is 9.59 Å². The molecule has 0 radical (unpaired) electrons. The Hall–Kier alpha value is -2.12. The van der Waals surface area contributed by atoms with Gasteiger partial charge in [0.15, 0.2) is 6.61 Å². The van der Waals surface area contributed by atoms with Crippen LogP contribution in [0.3, 0.4) is 0 Å². The molecule has 5 N–H and O–H groups in total. The van der Waals surface area contributed by atoms with Crippen LogP contribution in [0, 0.1) is 0 Å². The molecule has 7 nitrogen and oxygen atoms in total. The monoisotopic (exact) mass is 282 g/mol. The van der Waals surface area contributed by atoms with Crippen LogP contribution in [0.1, 0.15) is 17.3 Å². The molecule has 1 aromatic carbocycles. The van der Waals surface area contributed by atoms with Crippen molar-refractivity contribution < 1.29 is 24.5 Å². The smallest absolute Gasteiger partial charge is 0.255 e. The summed E-state index contributed by atoms with van der Waals surface area (Å²) < 4.78 is 5.05. The predicted molar refractivity (Wildman–Crippen MR) is 71.2 cm³/mol. The summed E-state index contributed by atoms with van der Waals surface area (Å²) in [7, 11) is 0. The van der Waals surface area contributed by atoms with E-state index in [1.165, 1.54) is 31.2 Å². The molecule has 2 amide bonds. The predicted octanol–water partition coefficient (Wildman–Crippen LogP) is -0.976. The van der Waals surface area contributed by atoms with Crippen LogP contribution in [0.4, 0.5) is 0 Å². The molecular weight excluding hydrogens is 264 g/mol. The lowest BCUT2D eigenvalue weighted by Gasteiger charge is -2.20. The third-order valence-electron chi connectivity index (χ3n) is 2.47. The Bertz CT molecular complexity index is 470. The highest BCUT2D eigenvalue weighted by atomic mass is 16.5. The van der Waals surface area contributed by atoms with Crippen molar-refractivity contribution >= 4 is 11.8 Å². The van der Waals surface area contributed by atoms with Crippen LogP contribution in [0.2, 0.25) is 0 Å². The van der Waals surface area contributed by atoms with Gasteiger partial charge in [0.25, 0.3) is 11.8 Å². The Kier molecular flexibility index (Phi) is 5.48. The van der Waals surface area contributed by atoms with E-state index >= 15 is 0 Å². The second-order valence-corrected chi connectivity index (χ2v) is 4.62. The van der Waals surface area contributed by atoms with Gasteiger partial charge in [-0.05, 0) is 31.2 Å². The van der Waals surface area contributed by atoms with E-state index in [1.807, 2.05) is 0 Å². The highest BCUT2D eigenvalue weighted by molar-refractivity contribution is 5.94. The molecule has 0 aliphatic rings. The molecule has 0 aromatic heterocycles. The molecule has 0 saturated heterocycles. The molecular formula is C13H18N2O5. The van der Waals surface area contributed by atoms with Crippen molar-refractivity contribution in [2.45, 2.75) is 12.5 Å². The van der Waals surface area contributed by atoms with Crippen molar-refractivity contribution in [3.63, 3.8) is 0 Å². The molecule has 0 aliphatic carbocycles. The molecule has 0 spiro atoms. The van der Waals surface area contributed by atoms with Crippen molar-refractivity contribution in [2.24, 2.45) is 5.73 Å². The Morgan fingerprint density at radius 3 is 2.45 bits per heavy atom. The molecule has 1 atom stereocenters. The third kappa shape index (κ3) is 5.25. The molecule has 20 heavy (non-hydrogen) atoms. The number of nitrogens with one attached hydrogen (secondary N) is 1. The lowest BCUT2D eigenvalue weighted by molar-refractivity contribution is -0.119. The molecule has 0 bridgehead atoms. The summed E-state index contributed by atoms with van der Waals surface area (Å²) in [5.41, 5.74) is 3.94. The molecule has 0 fully saturated rings. The van der Waals surface area contributed by atoms with Gasteiger partial charge in [-0.1, -0.05) is 0 Å². The van der Waals surface area contributed by atoms with Gasteiger partial charge in [-0.15, -0.1) is 0 Å². The number of hydrogen-bond donors (Lipinski definition) is 4. The van der Waals surface area contributed by atoms with Crippen LogP contribution in [0.15, 0.2) is 24.3 Å². The van der Waals surface area contributed by atoms with Gasteiger partial charge in [0.1, 0.15) is 11.4 Å². The van der Waals surface area contributed by atoms with Crippen molar-refractivity contribution in [2.75, 3.05) is 19.8 Å². The number of benzene rings is 1. The average molecular weight is 282 g/mol. The van der Waals surface area contributed by atoms with Crippen LogP contribution in [-0.4, -0.2) is 47.4 Å². The Labute approximate surface area is 116 Å². The van der Waals surface area contributed by atoms with E-state index in [1.54, 1.807) is 0 Å². The van der Waals surface area contributed by atoms with Crippen molar-refractivity contribution in [3.8, 4) is 5.75 Å². The number of nitrogens with two attached hydrogens (primary N) is 1. The third-order valence-corrected chi connectivity index (χ3v) is 2.47. The van der Waals surface area contributed by atoms with Gasteiger partial charge in [-0.25, -0.2) is 0 Å². The van der Waals surface area contributed by atoms with E-state index in [9.17, 15) is 14.7 Å². The van der Waals surface area contributed by atoms with E-state index in [0.29, 0.717) is 11.3 Å². The van der Waals surface area contributed by atoms with Crippen LogP contribution in [-0.2, 0) is 4.79 Å². The second kappa shape index (κ2) is 6.88. The van der Waals surface area contributed by atoms with Crippen LogP contribution >= 0.6 is 0 Å². The molecule has 1 aromatic rings. The number of amides is 2. The van der Waals surface area contributed by atoms with Crippen molar-refractivity contribution in [1.29, 1.82) is 0 Å². The molecule has 1 rings (SSSR count). The largest absolute Gasteiger partial charge is 0.484 e. The number of rotatable bonds is 7. The topological polar surface area (TPSA) is 122 Å². The maximum Gasteiger partial charge on any atom is 0.255 e. The molecule has 1 unspecified atom stereocenters. The van der Waals surface area contributed by atoms with Gasteiger partial charge >= 0.3 is 0 Å². The highest BCUT2D eigenvalue weighted by Crippen LogP contribution is 2.12. The van der Waals surface area contributed by atoms with E-state index < -0.39 is 18.1 Å². The zero-order valence-corrected chi connectivity index (χ0v) is 11.1. The zero-order chi connectivity index (χ0) is 15.2. The lowest BCUT2D eigenvalue weighted by Crippen LogP contribution is -2.43. The fraction of sp³-hybridized carbons (Fsp3) is 0.385. The standard InChI is InChI=1S/C13H18N2O5/c1-13(19,8-16)7-15-12(18)9-2-4-10(5-3-9)20-6-11(14)17/h2-5,16,19H,6-8H2,1H3,(H2,14,17)(H,15,18). The Balaban J connectivity index is 2.55. The molecule has 0 aliphatic heterocycles. The number of ether oxygens (including phenoxy) is 1. The summed E-state index contributed by atoms with van der Waals surface area (Å²) in [4.78, 5) is 22.3. The minimum atomic E-state index is -1.36. The van der Waals surface area contributed by atoms with Crippen molar-refractivity contribution in [1.82, 2.24) is 5.32 Å². The first-order valence-electron chi connectivity index (χ1n) is 5.97. The van der Waals surface area contributed by atoms with Crippen LogP contribution in [0.25, 0.3) is 0 Å². The SMILES string of the molecule is CC(O)(CO)CNC(=O)c1ccc(OCC(N)=O)cc1. The van der Waals surface area contributed by atoms with Crippen LogP contribution in [0.5, 0.6) is 5.75 Å². The molecule has 7 heteroatoms. The first-order valence-corrected chi connectivity index (χ1v) is 5.97. The van der Waals surface area contributed by atoms with Gasteiger partial charge in [0.05, 0.1) is 6.61 Å². The van der Waals surface area contributed by atoms with Gasteiger partial charge in [-0.2, -0.15) is 0 Å². The number of aliphatic hydroxyl groups excluding tert-OH is 1. The van der Waals surface area contributed by atoms with E-state index in [0.717, 1.165) is 0 Å². The number of carbonyl (C=O) groups excluding carboxylic acids is 2. The summed E-state index contributed by atoms with van der Waals surface area (Å²) >= 11 is 0. The van der Waals surface area contributed by atoms with Gasteiger partial charge < -0.3 is 26.0 Å². The normalized spacial score (nSPS) is 13.3. The average Bonchev–Trinajstić information content (AvgIpc) is 2.43. The Morgan fingerprint density at radius 1 is 1.35 bits per heavy atom. The minimum absolute atomic E-state index is 0.0672. The van der Waals surface area contributed by atoms with Gasteiger partial charge in [0, 0.05) is 12.1 Å². The summed E-state index contributed by atoms with van der Waals surface area (Å²) in [6.45, 7) is 0.661. The molecule has 110 valence electrons. The summed E-state index contributed by atoms with van der Waals surface area (Å²) in [5.74, 6) is -0.555. The first-order chi connectivity index (χ1) is 9.34. The molecule has 0 saturated carbocycles. The maximum absolute atomic E-state index is 11.8. The number of aliphatic hydroxyl groups is 2. The van der Waals surface area contributed by atoms with Crippen molar-refractivity contribution in [3.05, 3.63) is 29.8 Å². The summed E-state index contributed by atoms with van der Waals surface area (Å²) in [5, 5.41) is 20.9. The second-order valence-electron chi connectivity index (χ2n) is 4.62. The van der Waals surface area contributed by atoms with Crippen LogP contribution < -0.4 is 15.8 Å². The highest BCUT2D eigenvalue weighted by Gasteiger charge is 2.20. The van der Waals surface area contributed by atoms with Gasteiger partial charge in [0.2, 0.25) is 0 Å². The zero-order valence-electron chi connectivity index (χ0n) is 11.1.